The Hall–Kier alpha value is -2.17. The monoisotopic (exact) mass is 282 g/mol. The Labute approximate surface area is 123 Å². The molecule has 1 aliphatic rings. The van der Waals surface area contributed by atoms with Crippen molar-refractivity contribution in [2.45, 2.75) is 19.6 Å². The third-order valence-electron chi connectivity index (χ3n) is 3.75. The Morgan fingerprint density at radius 2 is 2.10 bits per heavy atom. The third kappa shape index (κ3) is 2.96. The van der Waals surface area contributed by atoms with Crippen molar-refractivity contribution in [3.8, 4) is 0 Å². The first kappa shape index (κ1) is 13.8. The maximum Gasteiger partial charge on any atom is 0.255 e. The normalized spacial score (nSPS) is 13.6. The fourth-order valence-corrected chi connectivity index (χ4v) is 2.69. The van der Waals surface area contributed by atoms with E-state index in [2.05, 4.69) is 16.7 Å². The summed E-state index contributed by atoms with van der Waals surface area (Å²) in [6, 6.07) is 13.1. The van der Waals surface area contributed by atoms with Gasteiger partial charge in [0.05, 0.1) is 6.61 Å². The lowest BCUT2D eigenvalue weighted by molar-refractivity contribution is 0.102. The summed E-state index contributed by atoms with van der Waals surface area (Å²) < 4.78 is 0. The predicted molar refractivity (Wildman–Crippen MR) is 82.2 cm³/mol. The number of rotatable bonds is 3. The lowest BCUT2D eigenvalue weighted by Crippen LogP contribution is -2.26. The summed E-state index contributed by atoms with van der Waals surface area (Å²) in [6.07, 6.45) is 0.871. The second-order valence-corrected chi connectivity index (χ2v) is 5.18. The van der Waals surface area contributed by atoms with Crippen LogP contribution in [0.15, 0.2) is 42.5 Å². The van der Waals surface area contributed by atoms with Crippen molar-refractivity contribution in [1.82, 2.24) is 5.32 Å². The molecule has 0 spiro atoms. The zero-order valence-electron chi connectivity index (χ0n) is 11.7. The largest absolute Gasteiger partial charge is 0.392 e. The third-order valence-corrected chi connectivity index (χ3v) is 3.75. The lowest BCUT2D eigenvalue weighted by Gasteiger charge is -2.20. The molecule has 1 amide bonds. The van der Waals surface area contributed by atoms with Gasteiger partial charge in [0.2, 0.25) is 0 Å². The summed E-state index contributed by atoms with van der Waals surface area (Å²) in [5, 5.41) is 15.4. The molecule has 0 aliphatic carbocycles. The SMILES string of the molecule is O=C(Nc1cccc(CO)c1)c1cccc2c1CCNC2. The first-order chi connectivity index (χ1) is 10.3. The van der Waals surface area contributed by atoms with E-state index in [1.165, 1.54) is 5.56 Å². The molecule has 0 unspecified atom stereocenters. The molecule has 0 bridgehead atoms. The number of carbonyl (C=O) groups is 1. The molecule has 2 aromatic rings. The minimum atomic E-state index is -0.0937. The second kappa shape index (κ2) is 6.08. The zero-order valence-corrected chi connectivity index (χ0v) is 11.7. The fourth-order valence-electron chi connectivity index (χ4n) is 2.69. The predicted octanol–water partition coefficient (Wildman–Crippen LogP) is 2.08. The number of carbonyl (C=O) groups excluding carboxylic acids is 1. The Balaban J connectivity index is 1.85. The topological polar surface area (TPSA) is 61.4 Å². The van der Waals surface area contributed by atoms with Gasteiger partial charge in [0.15, 0.2) is 0 Å². The van der Waals surface area contributed by atoms with E-state index < -0.39 is 0 Å². The van der Waals surface area contributed by atoms with Gasteiger partial charge in [0, 0.05) is 17.8 Å². The minimum absolute atomic E-state index is 0.0316. The van der Waals surface area contributed by atoms with Crippen LogP contribution in [0.1, 0.15) is 27.0 Å². The Morgan fingerprint density at radius 1 is 1.24 bits per heavy atom. The van der Waals surface area contributed by atoms with E-state index in [1.807, 2.05) is 30.3 Å². The van der Waals surface area contributed by atoms with E-state index in [-0.39, 0.29) is 12.5 Å². The highest BCUT2D eigenvalue weighted by Crippen LogP contribution is 2.20. The fraction of sp³-hybridized carbons (Fsp3) is 0.235. The van der Waals surface area contributed by atoms with Gasteiger partial charge in [-0.15, -0.1) is 0 Å². The summed E-state index contributed by atoms with van der Waals surface area (Å²) in [7, 11) is 0. The molecular formula is C17H18N2O2. The van der Waals surface area contributed by atoms with Gasteiger partial charge in [0.25, 0.3) is 5.91 Å². The molecule has 1 heterocycles. The number of aliphatic hydroxyl groups excluding tert-OH is 1. The van der Waals surface area contributed by atoms with E-state index in [1.54, 1.807) is 6.07 Å². The molecule has 0 aromatic heterocycles. The first-order valence-corrected chi connectivity index (χ1v) is 7.10. The average Bonchev–Trinajstić information content (AvgIpc) is 2.54. The van der Waals surface area contributed by atoms with Crippen LogP contribution >= 0.6 is 0 Å². The highest BCUT2D eigenvalue weighted by molar-refractivity contribution is 6.05. The molecule has 0 atom stereocenters. The molecule has 0 radical (unpaired) electrons. The Morgan fingerprint density at radius 3 is 2.95 bits per heavy atom. The number of aliphatic hydroxyl groups is 1. The Kier molecular flexibility index (Phi) is 3.99. The van der Waals surface area contributed by atoms with Crippen molar-refractivity contribution in [2.24, 2.45) is 0 Å². The average molecular weight is 282 g/mol. The molecule has 2 aromatic carbocycles. The van der Waals surface area contributed by atoms with Crippen molar-refractivity contribution in [3.63, 3.8) is 0 Å². The molecule has 4 nitrogen and oxygen atoms in total. The van der Waals surface area contributed by atoms with Crippen LogP contribution in [0.3, 0.4) is 0 Å². The smallest absolute Gasteiger partial charge is 0.255 e. The van der Waals surface area contributed by atoms with Gasteiger partial charge < -0.3 is 15.7 Å². The van der Waals surface area contributed by atoms with Gasteiger partial charge in [-0.2, -0.15) is 0 Å². The van der Waals surface area contributed by atoms with Crippen LogP contribution in [0, 0.1) is 0 Å². The summed E-state index contributed by atoms with van der Waals surface area (Å²) in [5.74, 6) is -0.0937. The van der Waals surface area contributed by atoms with Crippen LogP contribution < -0.4 is 10.6 Å². The van der Waals surface area contributed by atoms with E-state index >= 15 is 0 Å². The van der Waals surface area contributed by atoms with Gasteiger partial charge in [-0.05, 0) is 47.9 Å². The van der Waals surface area contributed by atoms with Crippen molar-refractivity contribution in [3.05, 3.63) is 64.7 Å². The summed E-state index contributed by atoms with van der Waals surface area (Å²) >= 11 is 0. The maximum absolute atomic E-state index is 12.5. The molecule has 3 rings (SSSR count). The molecule has 0 saturated heterocycles. The van der Waals surface area contributed by atoms with Gasteiger partial charge in [-0.25, -0.2) is 0 Å². The molecule has 4 heteroatoms. The van der Waals surface area contributed by atoms with E-state index in [9.17, 15) is 4.79 Å². The molecular weight excluding hydrogens is 264 g/mol. The highest BCUT2D eigenvalue weighted by Gasteiger charge is 2.17. The van der Waals surface area contributed by atoms with Crippen LogP contribution in [-0.2, 0) is 19.6 Å². The van der Waals surface area contributed by atoms with E-state index in [4.69, 9.17) is 5.11 Å². The molecule has 3 N–H and O–H groups in total. The number of benzene rings is 2. The van der Waals surface area contributed by atoms with E-state index in [0.717, 1.165) is 36.2 Å². The first-order valence-electron chi connectivity index (χ1n) is 7.10. The van der Waals surface area contributed by atoms with Gasteiger partial charge in [0.1, 0.15) is 0 Å². The quantitative estimate of drug-likeness (QED) is 0.807. The second-order valence-electron chi connectivity index (χ2n) is 5.18. The lowest BCUT2D eigenvalue weighted by atomic mass is 9.95. The van der Waals surface area contributed by atoms with Gasteiger partial charge in [-0.1, -0.05) is 24.3 Å². The molecule has 108 valence electrons. The van der Waals surface area contributed by atoms with Crippen LogP contribution in [0.4, 0.5) is 5.69 Å². The maximum atomic E-state index is 12.5. The summed E-state index contributed by atoms with van der Waals surface area (Å²) in [6.45, 7) is 1.68. The van der Waals surface area contributed by atoms with Crippen LogP contribution in [0.2, 0.25) is 0 Å². The van der Waals surface area contributed by atoms with Crippen molar-refractivity contribution in [1.29, 1.82) is 0 Å². The number of anilines is 1. The van der Waals surface area contributed by atoms with Crippen LogP contribution in [0.25, 0.3) is 0 Å². The standard InChI is InChI=1S/C17H18N2O2/c20-11-12-3-1-5-14(9-12)19-17(21)16-6-2-4-13-10-18-8-7-15(13)16/h1-6,9,18,20H,7-8,10-11H2,(H,19,21). The number of amides is 1. The molecule has 1 aliphatic heterocycles. The molecule has 0 saturated carbocycles. The van der Waals surface area contributed by atoms with Crippen LogP contribution in [-0.4, -0.2) is 17.6 Å². The highest BCUT2D eigenvalue weighted by atomic mass is 16.3. The number of nitrogens with one attached hydrogen (secondary N) is 2. The molecule has 0 fully saturated rings. The van der Waals surface area contributed by atoms with Gasteiger partial charge in [-0.3, -0.25) is 4.79 Å². The summed E-state index contributed by atoms with van der Waals surface area (Å²) in [4.78, 5) is 12.5. The van der Waals surface area contributed by atoms with Crippen molar-refractivity contribution < 1.29 is 9.90 Å². The van der Waals surface area contributed by atoms with Crippen molar-refractivity contribution >= 4 is 11.6 Å². The van der Waals surface area contributed by atoms with Crippen molar-refractivity contribution in [2.75, 3.05) is 11.9 Å². The van der Waals surface area contributed by atoms with E-state index in [0.29, 0.717) is 5.69 Å². The number of hydrogen-bond acceptors (Lipinski definition) is 3. The molecule has 21 heavy (non-hydrogen) atoms. The van der Waals surface area contributed by atoms with Crippen LogP contribution in [0.5, 0.6) is 0 Å². The van der Waals surface area contributed by atoms with Gasteiger partial charge >= 0.3 is 0 Å². The minimum Gasteiger partial charge on any atom is -0.392 e. The number of fused-ring (bicyclic) bond motifs is 1. The Bertz CT molecular complexity index is 668. The number of hydrogen-bond donors (Lipinski definition) is 3. The zero-order chi connectivity index (χ0) is 14.7. The summed E-state index contributed by atoms with van der Waals surface area (Å²) in [5.41, 5.74) is 4.55.